The van der Waals surface area contributed by atoms with Crippen molar-refractivity contribution in [3.8, 4) is 0 Å². The average molecular weight is 303 g/mol. The molecule has 0 aromatic carbocycles. The summed E-state index contributed by atoms with van der Waals surface area (Å²) in [7, 11) is 0. The van der Waals surface area contributed by atoms with Gasteiger partial charge in [-0.3, -0.25) is 0 Å². The average Bonchev–Trinajstić information content (AvgIpc) is 3.00. The molecule has 1 unspecified atom stereocenters. The van der Waals surface area contributed by atoms with Crippen molar-refractivity contribution in [3.05, 3.63) is 23.9 Å². The summed E-state index contributed by atoms with van der Waals surface area (Å²) in [5.41, 5.74) is 1.39. The van der Waals surface area contributed by atoms with Crippen LogP contribution in [0.4, 0.5) is 5.82 Å². The number of pyridine rings is 1. The van der Waals surface area contributed by atoms with E-state index in [0.29, 0.717) is 12.0 Å². The lowest BCUT2D eigenvalue weighted by atomic mass is 10.1. The molecule has 3 nitrogen and oxygen atoms in total. The zero-order valence-electron chi connectivity index (χ0n) is 14.6. The Morgan fingerprint density at radius 1 is 1.27 bits per heavy atom. The van der Waals surface area contributed by atoms with Crippen LogP contribution in [0.15, 0.2) is 18.3 Å². The molecule has 0 radical (unpaired) electrons. The number of anilines is 1. The first-order valence-electron chi connectivity index (χ1n) is 9.15. The summed E-state index contributed by atoms with van der Waals surface area (Å²) in [6.45, 7) is 10.2. The van der Waals surface area contributed by atoms with Gasteiger partial charge in [-0.15, -0.1) is 0 Å². The third kappa shape index (κ3) is 5.28. The van der Waals surface area contributed by atoms with Crippen molar-refractivity contribution in [1.82, 2.24) is 10.3 Å². The highest BCUT2D eigenvalue weighted by Gasteiger charge is 2.23. The zero-order chi connectivity index (χ0) is 15.8. The molecular weight excluding hydrogens is 270 g/mol. The van der Waals surface area contributed by atoms with Crippen LogP contribution in [0.2, 0.25) is 0 Å². The highest BCUT2D eigenvalue weighted by molar-refractivity contribution is 5.43. The topological polar surface area (TPSA) is 28.2 Å². The van der Waals surface area contributed by atoms with Crippen LogP contribution >= 0.6 is 0 Å². The van der Waals surface area contributed by atoms with E-state index in [1.165, 1.54) is 50.6 Å². The van der Waals surface area contributed by atoms with Crippen LogP contribution in [0.3, 0.4) is 0 Å². The second-order valence-electron chi connectivity index (χ2n) is 6.90. The number of hydrogen-bond acceptors (Lipinski definition) is 3. The van der Waals surface area contributed by atoms with Gasteiger partial charge >= 0.3 is 0 Å². The molecule has 1 atom stereocenters. The molecular formula is C19H33N3. The van der Waals surface area contributed by atoms with Crippen molar-refractivity contribution in [2.45, 2.75) is 71.3 Å². The van der Waals surface area contributed by atoms with Gasteiger partial charge in [-0.05, 0) is 43.0 Å². The van der Waals surface area contributed by atoms with E-state index in [-0.39, 0.29) is 0 Å². The molecule has 1 aromatic heterocycles. The van der Waals surface area contributed by atoms with Gasteiger partial charge in [0.15, 0.2) is 0 Å². The Kier molecular flexibility index (Phi) is 7.17. The molecule has 0 bridgehead atoms. The van der Waals surface area contributed by atoms with Crippen LogP contribution in [-0.2, 0) is 0 Å². The molecule has 1 aliphatic heterocycles. The van der Waals surface area contributed by atoms with Gasteiger partial charge in [0, 0.05) is 25.3 Å². The maximum Gasteiger partial charge on any atom is 0.128 e. The quantitative estimate of drug-likeness (QED) is 0.688. The number of nitrogens with zero attached hydrogens (tertiary/aromatic N) is 2. The first-order valence-corrected chi connectivity index (χ1v) is 9.15. The summed E-state index contributed by atoms with van der Waals surface area (Å²) in [6, 6.07) is 5.03. The summed E-state index contributed by atoms with van der Waals surface area (Å²) in [5, 5.41) is 3.73. The molecule has 0 aliphatic carbocycles. The van der Waals surface area contributed by atoms with E-state index < -0.39 is 0 Å². The molecule has 1 saturated heterocycles. The molecule has 1 N–H and O–H groups in total. The zero-order valence-corrected chi connectivity index (χ0v) is 14.6. The summed E-state index contributed by atoms with van der Waals surface area (Å²) in [4.78, 5) is 7.00. The lowest BCUT2D eigenvalue weighted by Gasteiger charge is -2.19. The normalized spacial score (nSPS) is 18.4. The van der Waals surface area contributed by atoms with E-state index in [1.807, 2.05) is 6.20 Å². The van der Waals surface area contributed by atoms with E-state index in [2.05, 4.69) is 48.1 Å². The first-order chi connectivity index (χ1) is 10.7. The summed E-state index contributed by atoms with van der Waals surface area (Å²) >= 11 is 0. The van der Waals surface area contributed by atoms with Crippen LogP contribution in [0.5, 0.6) is 0 Å². The van der Waals surface area contributed by atoms with Crippen molar-refractivity contribution in [3.63, 3.8) is 0 Å². The molecule has 1 fully saturated rings. The summed E-state index contributed by atoms with van der Waals surface area (Å²) in [6.07, 6.45) is 9.98. The van der Waals surface area contributed by atoms with Gasteiger partial charge in [0.2, 0.25) is 0 Å². The maximum atomic E-state index is 4.57. The van der Waals surface area contributed by atoms with E-state index in [4.69, 9.17) is 0 Å². The summed E-state index contributed by atoms with van der Waals surface area (Å²) in [5.74, 6) is 1.72. The van der Waals surface area contributed by atoms with Gasteiger partial charge in [-0.1, -0.05) is 46.5 Å². The van der Waals surface area contributed by atoms with Crippen molar-refractivity contribution in [1.29, 1.82) is 0 Å². The third-order valence-electron chi connectivity index (χ3n) is 4.66. The fourth-order valence-corrected chi connectivity index (χ4v) is 3.14. The summed E-state index contributed by atoms with van der Waals surface area (Å²) < 4.78 is 0. The van der Waals surface area contributed by atoms with Crippen LogP contribution in [0.25, 0.3) is 0 Å². The Balaban J connectivity index is 1.72. The smallest absolute Gasteiger partial charge is 0.128 e. The minimum atomic E-state index is 0.571. The van der Waals surface area contributed by atoms with Gasteiger partial charge in [-0.25, -0.2) is 4.98 Å². The fraction of sp³-hybridized carbons (Fsp3) is 0.737. The first kappa shape index (κ1) is 17.3. The fourth-order valence-electron chi connectivity index (χ4n) is 3.14. The van der Waals surface area contributed by atoms with Crippen LogP contribution in [-0.4, -0.2) is 30.7 Å². The lowest BCUT2D eigenvalue weighted by Crippen LogP contribution is -2.33. The van der Waals surface area contributed by atoms with Crippen LogP contribution in [0, 0.1) is 0 Å². The Morgan fingerprint density at radius 3 is 2.86 bits per heavy atom. The second kappa shape index (κ2) is 9.14. The molecule has 3 heteroatoms. The predicted octanol–water partition coefficient (Wildman–Crippen LogP) is 4.34. The van der Waals surface area contributed by atoms with E-state index in [9.17, 15) is 0 Å². The molecule has 1 aromatic rings. The predicted molar refractivity (Wildman–Crippen MR) is 95.7 cm³/mol. The van der Waals surface area contributed by atoms with Crippen LogP contribution < -0.4 is 10.2 Å². The van der Waals surface area contributed by atoms with Crippen molar-refractivity contribution < 1.29 is 0 Å². The van der Waals surface area contributed by atoms with E-state index >= 15 is 0 Å². The molecule has 0 saturated carbocycles. The van der Waals surface area contributed by atoms with Gasteiger partial charge < -0.3 is 10.2 Å². The molecule has 0 amide bonds. The van der Waals surface area contributed by atoms with Gasteiger partial charge in [0.05, 0.1) is 0 Å². The highest BCUT2D eigenvalue weighted by atomic mass is 15.2. The Hall–Kier alpha value is -1.09. The molecule has 2 heterocycles. The number of hydrogen-bond donors (Lipinski definition) is 1. The number of rotatable bonds is 9. The minimum Gasteiger partial charge on any atom is -0.355 e. The minimum absolute atomic E-state index is 0.571. The number of nitrogens with one attached hydrogen (secondary N) is 1. The standard InChI is InChI=1S/C19H33N3/c1-4-5-6-7-8-11-20-18-10-13-22(15-18)19-14-17(16(2)3)9-12-21-19/h9,12,14,16,18,20H,4-8,10-11,13,15H2,1-3H3. The van der Waals surface area contributed by atoms with E-state index in [1.54, 1.807) is 0 Å². The van der Waals surface area contributed by atoms with Gasteiger partial charge in [0.25, 0.3) is 0 Å². The lowest BCUT2D eigenvalue weighted by molar-refractivity contribution is 0.518. The number of unbranched alkanes of at least 4 members (excludes halogenated alkanes) is 4. The molecule has 124 valence electrons. The monoisotopic (exact) mass is 303 g/mol. The maximum absolute atomic E-state index is 4.57. The SMILES string of the molecule is CCCCCCCNC1CCN(c2cc(C(C)C)ccn2)C1. The Bertz CT molecular complexity index is 430. The number of aromatic nitrogens is 1. The largest absolute Gasteiger partial charge is 0.355 e. The Labute approximate surface area is 136 Å². The molecule has 2 rings (SSSR count). The van der Waals surface area contributed by atoms with Crippen molar-refractivity contribution >= 4 is 5.82 Å². The van der Waals surface area contributed by atoms with Crippen molar-refractivity contribution in [2.24, 2.45) is 0 Å². The molecule has 0 spiro atoms. The Morgan fingerprint density at radius 2 is 2.09 bits per heavy atom. The highest BCUT2D eigenvalue weighted by Crippen LogP contribution is 2.22. The third-order valence-corrected chi connectivity index (χ3v) is 4.66. The second-order valence-corrected chi connectivity index (χ2v) is 6.90. The van der Waals surface area contributed by atoms with Crippen molar-refractivity contribution in [2.75, 3.05) is 24.5 Å². The molecule has 22 heavy (non-hydrogen) atoms. The molecule has 1 aliphatic rings. The van der Waals surface area contributed by atoms with Gasteiger partial charge in [0.1, 0.15) is 5.82 Å². The van der Waals surface area contributed by atoms with E-state index in [0.717, 1.165) is 18.9 Å². The van der Waals surface area contributed by atoms with Gasteiger partial charge in [-0.2, -0.15) is 0 Å². The van der Waals surface area contributed by atoms with Crippen LogP contribution in [0.1, 0.15) is 70.8 Å².